The molecule has 106 valence electrons. The Morgan fingerprint density at radius 2 is 1.95 bits per heavy atom. The van der Waals surface area contributed by atoms with E-state index in [2.05, 4.69) is 41.2 Å². The van der Waals surface area contributed by atoms with Crippen molar-refractivity contribution in [1.29, 1.82) is 0 Å². The molecule has 1 N–H and O–H groups in total. The number of nitrogens with one attached hydrogen (secondary N) is 1. The van der Waals surface area contributed by atoms with Gasteiger partial charge in [-0.1, -0.05) is 23.7 Å². The van der Waals surface area contributed by atoms with Crippen molar-refractivity contribution in [2.24, 2.45) is 0 Å². The van der Waals surface area contributed by atoms with E-state index in [0.29, 0.717) is 0 Å². The molecule has 0 atom stereocenters. The lowest BCUT2D eigenvalue weighted by molar-refractivity contribution is 0.348. The lowest BCUT2D eigenvalue weighted by Gasteiger charge is -2.23. The standard InChI is InChI=1S/C15H23ClN2S/c1-18(12-13-2-4-14(16)5-3-13)10-11-19-15-6-8-17-9-7-15/h2-5,15,17H,6-12H2,1H3. The summed E-state index contributed by atoms with van der Waals surface area (Å²) in [5.41, 5.74) is 1.33. The molecule has 0 spiro atoms. The van der Waals surface area contributed by atoms with Gasteiger partial charge in [-0.2, -0.15) is 11.8 Å². The van der Waals surface area contributed by atoms with Crippen LogP contribution in [0.2, 0.25) is 5.02 Å². The van der Waals surface area contributed by atoms with Crippen LogP contribution in [0.1, 0.15) is 18.4 Å². The number of thioether (sulfide) groups is 1. The molecule has 19 heavy (non-hydrogen) atoms. The molecule has 4 heteroatoms. The SMILES string of the molecule is CN(CCSC1CCNCC1)Cc1ccc(Cl)cc1. The molecule has 2 nitrogen and oxygen atoms in total. The first-order valence-electron chi connectivity index (χ1n) is 6.99. The summed E-state index contributed by atoms with van der Waals surface area (Å²) in [5, 5.41) is 5.10. The number of rotatable bonds is 6. The molecule has 2 rings (SSSR count). The first kappa shape index (κ1) is 15.2. The molecular formula is C15H23ClN2S. The second-order valence-electron chi connectivity index (χ2n) is 5.18. The summed E-state index contributed by atoms with van der Waals surface area (Å²) in [6.07, 6.45) is 2.65. The van der Waals surface area contributed by atoms with E-state index in [0.717, 1.165) is 23.4 Å². The zero-order chi connectivity index (χ0) is 13.5. The molecule has 0 bridgehead atoms. The second kappa shape index (κ2) is 8.15. The van der Waals surface area contributed by atoms with Gasteiger partial charge in [-0.25, -0.2) is 0 Å². The van der Waals surface area contributed by atoms with Crippen LogP contribution < -0.4 is 5.32 Å². The maximum Gasteiger partial charge on any atom is 0.0406 e. The minimum absolute atomic E-state index is 0.813. The summed E-state index contributed by atoms with van der Waals surface area (Å²) in [6.45, 7) is 4.54. The first-order chi connectivity index (χ1) is 9.24. The molecule has 1 aromatic rings. The van der Waals surface area contributed by atoms with Gasteiger partial charge in [0, 0.05) is 29.1 Å². The van der Waals surface area contributed by atoms with Gasteiger partial charge in [0.25, 0.3) is 0 Å². The molecule has 1 aliphatic rings. The molecule has 1 heterocycles. The number of benzene rings is 1. The Bertz CT molecular complexity index is 363. The van der Waals surface area contributed by atoms with Crippen LogP contribution in [0.4, 0.5) is 0 Å². The van der Waals surface area contributed by atoms with Crippen molar-refractivity contribution in [3.05, 3.63) is 34.9 Å². The molecule has 0 saturated carbocycles. The van der Waals surface area contributed by atoms with Crippen LogP contribution in [0.5, 0.6) is 0 Å². The highest BCUT2D eigenvalue weighted by Crippen LogP contribution is 2.20. The fourth-order valence-electron chi connectivity index (χ4n) is 2.32. The highest BCUT2D eigenvalue weighted by molar-refractivity contribution is 7.99. The van der Waals surface area contributed by atoms with Crippen molar-refractivity contribution in [2.45, 2.75) is 24.6 Å². The van der Waals surface area contributed by atoms with Crippen molar-refractivity contribution in [2.75, 3.05) is 32.4 Å². The molecule has 1 saturated heterocycles. The maximum absolute atomic E-state index is 5.90. The molecule has 1 aliphatic heterocycles. The first-order valence-corrected chi connectivity index (χ1v) is 8.42. The number of hydrogen-bond acceptors (Lipinski definition) is 3. The van der Waals surface area contributed by atoms with E-state index in [4.69, 9.17) is 11.6 Å². The van der Waals surface area contributed by atoms with Crippen molar-refractivity contribution in [3.63, 3.8) is 0 Å². The third-order valence-electron chi connectivity index (χ3n) is 3.48. The van der Waals surface area contributed by atoms with Gasteiger partial charge in [0.2, 0.25) is 0 Å². The molecular weight excluding hydrogens is 276 g/mol. The smallest absolute Gasteiger partial charge is 0.0406 e. The molecule has 1 aromatic carbocycles. The topological polar surface area (TPSA) is 15.3 Å². The lowest BCUT2D eigenvalue weighted by atomic mass is 10.2. The third kappa shape index (κ3) is 5.74. The van der Waals surface area contributed by atoms with E-state index >= 15 is 0 Å². The van der Waals surface area contributed by atoms with Crippen molar-refractivity contribution >= 4 is 23.4 Å². The zero-order valence-electron chi connectivity index (χ0n) is 11.6. The molecule has 0 aromatic heterocycles. The van der Waals surface area contributed by atoms with Crippen LogP contribution in [0.3, 0.4) is 0 Å². The average molecular weight is 299 g/mol. The third-order valence-corrected chi connectivity index (χ3v) is 5.09. The van der Waals surface area contributed by atoms with Crippen LogP contribution in [0.25, 0.3) is 0 Å². The second-order valence-corrected chi connectivity index (χ2v) is 7.03. The van der Waals surface area contributed by atoms with Crippen LogP contribution in [-0.2, 0) is 6.54 Å². The predicted molar refractivity (Wildman–Crippen MR) is 86.1 cm³/mol. The Morgan fingerprint density at radius 3 is 2.63 bits per heavy atom. The van der Waals surface area contributed by atoms with E-state index in [-0.39, 0.29) is 0 Å². The van der Waals surface area contributed by atoms with Gasteiger partial charge in [-0.05, 0) is 50.7 Å². The summed E-state index contributed by atoms with van der Waals surface area (Å²) >= 11 is 8.03. The van der Waals surface area contributed by atoms with Gasteiger partial charge in [0.15, 0.2) is 0 Å². The highest BCUT2D eigenvalue weighted by atomic mass is 35.5. The quantitative estimate of drug-likeness (QED) is 0.868. The molecule has 0 radical (unpaired) electrons. The minimum Gasteiger partial charge on any atom is -0.317 e. The highest BCUT2D eigenvalue weighted by Gasteiger charge is 2.13. The number of hydrogen-bond donors (Lipinski definition) is 1. The van der Waals surface area contributed by atoms with Crippen LogP contribution in [0, 0.1) is 0 Å². The largest absolute Gasteiger partial charge is 0.317 e. The summed E-state index contributed by atoms with van der Waals surface area (Å²) < 4.78 is 0. The Hall–Kier alpha value is -0.220. The maximum atomic E-state index is 5.90. The average Bonchev–Trinajstić information content (AvgIpc) is 2.43. The van der Waals surface area contributed by atoms with Gasteiger partial charge < -0.3 is 10.2 Å². The number of nitrogens with zero attached hydrogens (tertiary/aromatic N) is 1. The minimum atomic E-state index is 0.813. The Balaban J connectivity index is 1.63. The monoisotopic (exact) mass is 298 g/mol. The number of halogens is 1. The van der Waals surface area contributed by atoms with Gasteiger partial charge in [-0.3, -0.25) is 0 Å². The molecule has 0 unspecified atom stereocenters. The summed E-state index contributed by atoms with van der Waals surface area (Å²) in [7, 11) is 2.19. The van der Waals surface area contributed by atoms with E-state index in [1.165, 1.54) is 37.2 Å². The lowest BCUT2D eigenvalue weighted by Crippen LogP contribution is -2.30. The van der Waals surface area contributed by atoms with Crippen molar-refractivity contribution in [1.82, 2.24) is 10.2 Å². The van der Waals surface area contributed by atoms with E-state index < -0.39 is 0 Å². The van der Waals surface area contributed by atoms with Crippen LogP contribution >= 0.6 is 23.4 Å². The Morgan fingerprint density at radius 1 is 1.26 bits per heavy atom. The Labute approximate surface area is 125 Å². The molecule has 0 aliphatic carbocycles. The number of piperidine rings is 1. The van der Waals surface area contributed by atoms with Crippen LogP contribution in [-0.4, -0.2) is 42.6 Å². The van der Waals surface area contributed by atoms with E-state index in [1.807, 2.05) is 12.1 Å². The summed E-state index contributed by atoms with van der Waals surface area (Å²) in [6, 6.07) is 8.15. The zero-order valence-corrected chi connectivity index (χ0v) is 13.1. The van der Waals surface area contributed by atoms with E-state index in [1.54, 1.807) is 0 Å². The van der Waals surface area contributed by atoms with Crippen LogP contribution in [0.15, 0.2) is 24.3 Å². The van der Waals surface area contributed by atoms with Crippen molar-refractivity contribution in [3.8, 4) is 0 Å². The fraction of sp³-hybridized carbons (Fsp3) is 0.600. The fourth-order valence-corrected chi connectivity index (χ4v) is 3.76. The molecule has 1 fully saturated rings. The van der Waals surface area contributed by atoms with Crippen molar-refractivity contribution < 1.29 is 0 Å². The summed E-state index contributed by atoms with van der Waals surface area (Å²) in [5.74, 6) is 1.23. The van der Waals surface area contributed by atoms with Gasteiger partial charge in [-0.15, -0.1) is 0 Å². The molecule has 0 amide bonds. The predicted octanol–water partition coefficient (Wildman–Crippen LogP) is 3.26. The van der Waals surface area contributed by atoms with E-state index in [9.17, 15) is 0 Å². The van der Waals surface area contributed by atoms with Gasteiger partial charge in [0.05, 0.1) is 0 Å². The normalized spacial score (nSPS) is 17.0. The Kier molecular flexibility index (Phi) is 6.51. The van der Waals surface area contributed by atoms with Gasteiger partial charge >= 0.3 is 0 Å². The summed E-state index contributed by atoms with van der Waals surface area (Å²) in [4.78, 5) is 2.39. The van der Waals surface area contributed by atoms with Gasteiger partial charge in [0.1, 0.15) is 0 Å².